The van der Waals surface area contributed by atoms with Gasteiger partial charge in [0.2, 0.25) is 5.78 Å². The summed E-state index contributed by atoms with van der Waals surface area (Å²) in [4.78, 5) is 17.3. The molecule has 0 amide bonds. The third-order valence-electron chi connectivity index (χ3n) is 3.65. The summed E-state index contributed by atoms with van der Waals surface area (Å²) in [5.74, 6) is 0.717. The molecule has 0 unspecified atom stereocenters. The quantitative estimate of drug-likeness (QED) is 0.635. The predicted octanol–water partition coefficient (Wildman–Crippen LogP) is 4.67. The molecular weight excluding hydrogens is 358 g/mol. The lowest BCUT2D eigenvalue weighted by molar-refractivity contribution is 0.104. The molecule has 1 heterocycles. The fourth-order valence-electron chi connectivity index (χ4n) is 2.27. The molecule has 0 saturated carbocycles. The Morgan fingerprint density at radius 2 is 1.96 bits per heavy atom. The maximum Gasteiger partial charge on any atom is 0.206 e. The molecular formula is C18H16ClN3O2S. The number of ether oxygens (including phenoxy) is 1. The molecule has 0 saturated heterocycles. The van der Waals surface area contributed by atoms with Gasteiger partial charge in [-0.2, -0.15) is 0 Å². The smallest absolute Gasteiger partial charge is 0.206 e. The van der Waals surface area contributed by atoms with Gasteiger partial charge in [0, 0.05) is 16.3 Å². The van der Waals surface area contributed by atoms with Crippen molar-refractivity contribution in [3.8, 4) is 5.75 Å². The number of carbonyl (C=O) groups excluding carboxylic acids is 1. The molecule has 3 aromatic rings. The zero-order valence-electron chi connectivity index (χ0n) is 13.7. The lowest BCUT2D eigenvalue weighted by atomic mass is 10.1. The maximum atomic E-state index is 12.7. The Labute approximate surface area is 154 Å². The van der Waals surface area contributed by atoms with Gasteiger partial charge in [-0.15, -0.1) is 0 Å². The molecule has 0 bridgehead atoms. The van der Waals surface area contributed by atoms with Gasteiger partial charge in [0.05, 0.1) is 7.11 Å². The number of aromatic nitrogens is 1. The van der Waals surface area contributed by atoms with Crippen LogP contribution in [0.4, 0.5) is 16.6 Å². The van der Waals surface area contributed by atoms with Crippen LogP contribution in [0.25, 0.3) is 0 Å². The number of halogens is 1. The van der Waals surface area contributed by atoms with Crippen molar-refractivity contribution in [2.24, 2.45) is 0 Å². The second-order valence-corrected chi connectivity index (χ2v) is 6.81. The average molecular weight is 374 g/mol. The third kappa shape index (κ3) is 3.75. The normalized spacial score (nSPS) is 10.5. The number of methoxy groups -OCH3 is 1. The zero-order valence-corrected chi connectivity index (χ0v) is 15.2. The lowest BCUT2D eigenvalue weighted by Gasteiger charge is -2.06. The van der Waals surface area contributed by atoms with E-state index in [0.29, 0.717) is 26.3 Å². The maximum absolute atomic E-state index is 12.7. The first-order chi connectivity index (χ1) is 12.0. The minimum Gasteiger partial charge on any atom is -0.497 e. The number of rotatable bonds is 5. The van der Waals surface area contributed by atoms with Gasteiger partial charge in [0.25, 0.3) is 0 Å². The van der Waals surface area contributed by atoms with E-state index >= 15 is 0 Å². The average Bonchev–Trinajstić information content (AvgIpc) is 2.98. The lowest BCUT2D eigenvalue weighted by Crippen LogP contribution is -2.02. The number of hydrogen-bond acceptors (Lipinski definition) is 6. The van der Waals surface area contributed by atoms with Gasteiger partial charge in [0.1, 0.15) is 16.4 Å². The van der Waals surface area contributed by atoms with Crippen LogP contribution < -0.4 is 15.8 Å². The van der Waals surface area contributed by atoms with E-state index in [1.54, 1.807) is 37.4 Å². The molecule has 0 atom stereocenters. The number of aryl methyl sites for hydroxylation is 1. The van der Waals surface area contributed by atoms with Crippen molar-refractivity contribution in [1.82, 2.24) is 4.98 Å². The standard InChI is InChI=1S/C18H16ClN3O2S/c1-10-3-6-12(19)9-14(10)21-18-22-17(20)16(25-18)15(23)11-4-7-13(24-2)8-5-11/h3-9H,20H2,1-2H3,(H,21,22). The number of nitrogens with one attached hydrogen (secondary N) is 1. The Balaban J connectivity index is 1.86. The zero-order chi connectivity index (χ0) is 18.0. The first-order valence-corrected chi connectivity index (χ1v) is 8.65. The number of nitrogens with zero attached hydrogens (tertiary/aromatic N) is 1. The third-order valence-corrected chi connectivity index (χ3v) is 4.87. The molecule has 0 spiro atoms. The van der Waals surface area contributed by atoms with Crippen molar-refractivity contribution in [1.29, 1.82) is 0 Å². The van der Waals surface area contributed by atoms with Gasteiger partial charge in [-0.05, 0) is 48.9 Å². The molecule has 0 aliphatic heterocycles. The molecule has 3 rings (SSSR count). The number of thiazole rings is 1. The van der Waals surface area contributed by atoms with Gasteiger partial charge in [-0.1, -0.05) is 29.0 Å². The summed E-state index contributed by atoms with van der Waals surface area (Å²) in [6.07, 6.45) is 0. The predicted molar refractivity (Wildman–Crippen MR) is 102 cm³/mol. The van der Waals surface area contributed by atoms with E-state index in [0.717, 1.165) is 11.3 Å². The van der Waals surface area contributed by atoms with Crippen molar-refractivity contribution in [2.45, 2.75) is 6.92 Å². The minimum atomic E-state index is -0.173. The summed E-state index contributed by atoms with van der Waals surface area (Å²) >= 11 is 7.24. The number of benzene rings is 2. The van der Waals surface area contributed by atoms with Crippen LogP contribution in [0.5, 0.6) is 5.75 Å². The number of ketones is 1. The van der Waals surface area contributed by atoms with Crippen molar-refractivity contribution in [2.75, 3.05) is 18.2 Å². The summed E-state index contributed by atoms with van der Waals surface area (Å²) in [6, 6.07) is 12.4. The molecule has 7 heteroatoms. The van der Waals surface area contributed by atoms with E-state index in [1.165, 1.54) is 11.3 Å². The molecule has 2 aromatic carbocycles. The Morgan fingerprint density at radius 3 is 2.64 bits per heavy atom. The SMILES string of the molecule is COc1ccc(C(=O)c2sc(Nc3cc(Cl)ccc3C)nc2N)cc1. The van der Waals surface area contributed by atoms with Crippen molar-refractivity contribution in [3.05, 3.63) is 63.5 Å². The van der Waals surface area contributed by atoms with E-state index in [9.17, 15) is 4.79 Å². The Kier molecular flexibility index (Phi) is 4.92. The largest absolute Gasteiger partial charge is 0.497 e. The number of nitrogens with two attached hydrogens (primary N) is 1. The molecule has 25 heavy (non-hydrogen) atoms. The first kappa shape index (κ1) is 17.3. The van der Waals surface area contributed by atoms with E-state index in [-0.39, 0.29) is 11.6 Å². The van der Waals surface area contributed by atoms with Crippen LogP contribution in [0.1, 0.15) is 20.8 Å². The Hall–Kier alpha value is -2.57. The number of carbonyl (C=O) groups is 1. The summed E-state index contributed by atoms with van der Waals surface area (Å²) in [5.41, 5.74) is 8.31. The summed E-state index contributed by atoms with van der Waals surface area (Å²) in [6.45, 7) is 1.96. The number of nitrogen functional groups attached to an aromatic ring is 1. The van der Waals surface area contributed by atoms with Crippen molar-refractivity contribution < 1.29 is 9.53 Å². The van der Waals surface area contributed by atoms with Crippen LogP contribution in [0, 0.1) is 6.92 Å². The highest BCUT2D eigenvalue weighted by Crippen LogP contribution is 2.31. The van der Waals surface area contributed by atoms with Crippen LogP contribution in [0.2, 0.25) is 5.02 Å². The van der Waals surface area contributed by atoms with Crippen LogP contribution >= 0.6 is 22.9 Å². The molecule has 128 valence electrons. The van der Waals surface area contributed by atoms with E-state index < -0.39 is 0 Å². The Bertz CT molecular complexity index is 923. The molecule has 0 radical (unpaired) electrons. The van der Waals surface area contributed by atoms with E-state index in [1.807, 2.05) is 19.1 Å². The Morgan fingerprint density at radius 1 is 1.24 bits per heavy atom. The molecule has 0 fully saturated rings. The minimum absolute atomic E-state index is 0.173. The highest BCUT2D eigenvalue weighted by molar-refractivity contribution is 7.18. The summed E-state index contributed by atoms with van der Waals surface area (Å²) in [7, 11) is 1.58. The molecule has 5 nitrogen and oxygen atoms in total. The number of hydrogen-bond donors (Lipinski definition) is 2. The second-order valence-electron chi connectivity index (χ2n) is 5.38. The molecule has 0 aliphatic carbocycles. The van der Waals surface area contributed by atoms with Gasteiger partial charge in [0.15, 0.2) is 5.13 Å². The second kappa shape index (κ2) is 7.13. The van der Waals surface area contributed by atoms with Crippen LogP contribution in [0.15, 0.2) is 42.5 Å². The number of anilines is 3. The van der Waals surface area contributed by atoms with Gasteiger partial charge < -0.3 is 15.8 Å². The van der Waals surface area contributed by atoms with Crippen LogP contribution in [-0.2, 0) is 0 Å². The van der Waals surface area contributed by atoms with Gasteiger partial charge in [-0.25, -0.2) is 4.98 Å². The van der Waals surface area contributed by atoms with Crippen molar-refractivity contribution in [3.63, 3.8) is 0 Å². The van der Waals surface area contributed by atoms with Gasteiger partial charge >= 0.3 is 0 Å². The first-order valence-electron chi connectivity index (χ1n) is 7.46. The van der Waals surface area contributed by atoms with Crippen LogP contribution in [0.3, 0.4) is 0 Å². The van der Waals surface area contributed by atoms with Gasteiger partial charge in [-0.3, -0.25) is 4.79 Å². The monoisotopic (exact) mass is 373 g/mol. The molecule has 3 N–H and O–H groups in total. The highest BCUT2D eigenvalue weighted by Gasteiger charge is 2.18. The molecule has 1 aromatic heterocycles. The van der Waals surface area contributed by atoms with Crippen LogP contribution in [-0.4, -0.2) is 17.9 Å². The topological polar surface area (TPSA) is 77.2 Å². The fourth-order valence-corrected chi connectivity index (χ4v) is 3.30. The molecule has 0 aliphatic rings. The summed E-state index contributed by atoms with van der Waals surface area (Å²) in [5, 5.41) is 4.33. The van der Waals surface area contributed by atoms with Crippen molar-refractivity contribution >= 4 is 45.4 Å². The van der Waals surface area contributed by atoms with E-state index in [2.05, 4.69) is 10.3 Å². The van der Waals surface area contributed by atoms with E-state index in [4.69, 9.17) is 22.1 Å². The fraction of sp³-hybridized carbons (Fsp3) is 0.111. The highest BCUT2D eigenvalue weighted by atomic mass is 35.5. The summed E-state index contributed by atoms with van der Waals surface area (Å²) < 4.78 is 5.10.